The standard InChI is InChI=1S/C23H22N4O4S/c1-15-8-11-17(12-9-15)32(30,31)25-19-7-5-4-6-18(19)22(28)24-16-10-13-20-21(14-16)27(3)23(29)26(20)2/h4-14,25H,1-3H3,(H,24,28). The van der Waals surface area contributed by atoms with Crippen LogP contribution in [0.4, 0.5) is 11.4 Å². The Morgan fingerprint density at radius 3 is 2.25 bits per heavy atom. The lowest BCUT2D eigenvalue weighted by Gasteiger charge is -2.13. The third kappa shape index (κ3) is 3.90. The van der Waals surface area contributed by atoms with Gasteiger partial charge < -0.3 is 5.32 Å². The average Bonchev–Trinajstić information content (AvgIpc) is 2.98. The molecule has 32 heavy (non-hydrogen) atoms. The van der Waals surface area contributed by atoms with Crippen LogP contribution in [0, 0.1) is 6.92 Å². The first kappa shape index (κ1) is 21.4. The number of aryl methyl sites for hydroxylation is 3. The average molecular weight is 451 g/mol. The quantitative estimate of drug-likeness (QED) is 0.487. The summed E-state index contributed by atoms with van der Waals surface area (Å²) in [5.74, 6) is -0.479. The maximum absolute atomic E-state index is 13.0. The number of benzene rings is 3. The lowest BCUT2D eigenvalue weighted by atomic mass is 10.1. The normalized spacial score (nSPS) is 11.5. The molecule has 164 valence electrons. The molecule has 0 unspecified atom stereocenters. The van der Waals surface area contributed by atoms with Gasteiger partial charge in [0.05, 0.1) is 27.2 Å². The highest BCUT2D eigenvalue weighted by Gasteiger charge is 2.19. The Bertz CT molecular complexity index is 1500. The molecule has 1 amide bonds. The second-order valence-corrected chi connectivity index (χ2v) is 9.20. The minimum Gasteiger partial charge on any atom is -0.322 e. The highest BCUT2D eigenvalue weighted by molar-refractivity contribution is 7.92. The van der Waals surface area contributed by atoms with Crippen LogP contribution in [0.25, 0.3) is 11.0 Å². The van der Waals surface area contributed by atoms with E-state index < -0.39 is 15.9 Å². The molecule has 0 radical (unpaired) electrons. The molecule has 0 aliphatic heterocycles. The number of imidazole rings is 1. The van der Waals surface area contributed by atoms with Gasteiger partial charge in [0.2, 0.25) is 0 Å². The Hall–Kier alpha value is -3.85. The van der Waals surface area contributed by atoms with E-state index in [4.69, 9.17) is 0 Å². The first-order valence-corrected chi connectivity index (χ1v) is 11.3. The summed E-state index contributed by atoms with van der Waals surface area (Å²) in [6.07, 6.45) is 0. The number of para-hydroxylation sites is 1. The van der Waals surface area contributed by atoms with Crippen molar-refractivity contribution in [3.05, 3.63) is 88.3 Å². The number of carbonyl (C=O) groups excluding carboxylic acids is 1. The van der Waals surface area contributed by atoms with Crippen molar-refractivity contribution in [1.29, 1.82) is 0 Å². The van der Waals surface area contributed by atoms with E-state index in [1.165, 1.54) is 27.3 Å². The number of carbonyl (C=O) groups is 1. The highest BCUT2D eigenvalue weighted by Crippen LogP contribution is 2.23. The van der Waals surface area contributed by atoms with E-state index in [1.807, 2.05) is 6.92 Å². The Balaban J connectivity index is 1.63. The molecule has 4 rings (SSSR count). The number of rotatable bonds is 5. The second-order valence-electron chi connectivity index (χ2n) is 7.52. The molecule has 8 nitrogen and oxygen atoms in total. The van der Waals surface area contributed by atoms with Gasteiger partial charge in [-0.05, 0) is 49.4 Å². The van der Waals surface area contributed by atoms with Gasteiger partial charge in [-0.3, -0.25) is 18.7 Å². The fourth-order valence-electron chi connectivity index (χ4n) is 3.47. The zero-order valence-electron chi connectivity index (χ0n) is 17.8. The largest absolute Gasteiger partial charge is 0.328 e. The van der Waals surface area contributed by atoms with Crippen LogP contribution in [-0.4, -0.2) is 23.5 Å². The van der Waals surface area contributed by atoms with Crippen LogP contribution in [0.2, 0.25) is 0 Å². The molecule has 0 atom stereocenters. The predicted octanol–water partition coefficient (Wildman–Crippen LogP) is 3.24. The van der Waals surface area contributed by atoms with E-state index in [0.29, 0.717) is 11.2 Å². The Kier molecular flexibility index (Phi) is 5.35. The molecule has 2 N–H and O–H groups in total. The molecule has 0 bridgehead atoms. The molecular weight excluding hydrogens is 428 g/mol. The monoisotopic (exact) mass is 450 g/mol. The van der Waals surface area contributed by atoms with Gasteiger partial charge in [-0.1, -0.05) is 29.8 Å². The van der Waals surface area contributed by atoms with Crippen LogP contribution in [0.3, 0.4) is 0 Å². The Morgan fingerprint density at radius 1 is 0.875 bits per heavy atom. The molecule has 1 aromatic heterocycles. The lowest BCUT2D eigenvalue weighted by Crippen LogP contribution is -2.19. The van der Waals surface area contributed by atoms with Crippen LogP contribution in [0.15, 0.2) is 76.4 Å². The molecule has 0 saturated carbocycles. The predicted molar refractivity (Wildman–Crippen MR) is 125 cm³/mol. The van der Waals surface area contributed by atoms with Crippen molar-refractivity contribution in [2.45, 2.75) is 11.8 Å². The van der Waals surface area contributed by atoms with Gasteiger partial charge in [-0.2, -0.15) is 0 Å². The number of hydrogen-bond donors (Lipinski definition) is 2. The highest BCUT2D eigenvalue weighted by atomic mass is 32.2. The summed E-state index contributed by atoms with van der Waals surface area (Å²) in [6, 6.07) is 18.0. The van der Waals surface area contributed by atoms with Crippen LogP contribution >= 0.6 is 0 Å². The first-order valence-electron chi connectivity index (χ1n) is 9.83. The van der Waals surface area contributed by atoms with E-state index in [9.17, 15) is 18.0 Å². The van der Waals surface area contributed by atoms with Gasteiger partial charge in [0, 0.05) is 19.8 Å². The van der Waals surface area contributed by atoms with E-state index in [0.717, 1.165) is 11.1 Å². The maximum Gasteiger partial charge on any atom is 0.328 e. The minimum absolute atomic E-state index is 0.105. The van der Waals surface area contributed by atoms with Gasteiger partial charge in [-0.15, -0.1) is 0 Å². The number of nitrogens with zero attached hydrogens (tertiary/aromatic N) is 2. The summed E-state index contributed by atoms with van der Waals surface area (Å²) < 4.78 is 31.1. The van der Waals surface area contributed by atoms with E-state index in [1.54, 1.807) is 62.6 Å². The molecule has 0 fully saturated rings. The zero-order chi connectivity index (χ0) is 23.0. The number of amides is 1. The number of nitrogens with one attached hydrogen (secondary N) is 2. The van der Waals surface area contributed by atoms with Crippen molar-refractivity contribution in [2.75, 3.05) is 10.0 Å². The molecule has 0 aliphatic rings. The van der Waals surface area contributed by atoms with Gasteiger partial charge in [0.15, 0.2) is 0 Å². The minimum atomic E-state index is -3.87. The SMILES string of the molecule is Cc1ccc(S(=O)(=O)Nc2ccccc2C(=O)Nc2ccc3c(c2)n(C)c(=O)n3C)cc1. The number of aromatic nitrogens is 2. The third-order valence-corrected chi connectivity index (χ3v) is 6.66. The summed E-state index contributed by atoms with van der Waals surface area (Å²) >= 11 is 0. The molecule has 4 aromatic rings. The van der Waals surface area contributed by atoms with E-state index in [2.05, 4.69) is 10.0 Å². The van der Waals surface area contributed by atoms with E-state index >= 15 is 0 Å². The first-order chi connectivity index (χ1) is 15.2. The number of sulfonamides is 1. The maximum atomic E-state index is 13.0. The summed E-state index contributed by atoms with van der Waals surface area (Å²) in [5.41, 5.74) is 3.00. The van der Waals surface area contributed by atoms with Crippen LogP contribution in [-0.2, 0) is 24.1 Å². The summed E-state index contributed by atoms with van der Waals surface area (Å²) in [7, 11) is -0.528. The summed E-state index contributed by atoms with van der Waals surface area (Å²) in [6.45, 7) is 1.87. The molecular formula is C23H22N4O4S. The van der Waals surface area contributed by atoms with E-state index in [-0.39, 0.29) is 21.8 Å². The molecule has 0 aliphatic carbocycles. The summed E-state index contributed by atoms with van der Waals surface area (Å²) in [4.78, 5) is 25.2. The van der Waals surface area contributed by atoms with Crippen molar-refractivity contribution in [3.63, 3.8) is 0 Å². The fourth-order valence-corrected chi connectivity index (χ4v) is 4.55. The van der Waals surface area contributed by atoms with Crippen LogP contribution in [0.5, 0.6) is 0 Å². The molecule has 1 heterocycles. The number of anilines is 2. The Morgan fingerprint density at radius 2 is 1.53 bits per heavy atom. The fraction of sp³-hybridized carbons (Fsp3) is 0.130. The molecule has 0 spiro atoms. The summed E-state index contributed by atoms with van der Waals surface area (Å²) in [5, 5.41) is 2.78. The third-order valence-electron chi connectivity index (χ3n) is 5.28. The van der Waals surface area contributed by atoms with Gasteiger partial charge in [0.25, 0.3) is 15.9 Å². The van der Waals surface area contributed by atoms with Crippen molar-refractivity contribution < 1.29 is 13.2 Å². The molecule has 9 heteroatoms. The van der Waals surface area contributed by atoms with Crippen LogP contribution < -0.4 is 15.7 Å². The number of fused-ring (bicyclic) bond motifs is 1. The lowest BCUT2D eigenvalue weighted by molar-refractivity contribution is 0.102. The zero-order valence-corrected chi connectivity index (χ0v) is 18.6. The topological polar surface area (TPSA) is 102 Å². The van der Waals surface area contributed by atoms with Crippen molar-refractivity contribution >= 4 is 38.3 Å². The molecule has 3 aromatic carbocycles. The van der Waals surface area contributed by atoms with Gasteiger partial charge in [-0.25, -0.2) is 13.2 Å². The van der Waals surface area contributed by atoms with Gasteiger partial charge >= 0.3 is 5.69 Å². The second kappa shape index (κ2) is 8.01. The number of hydrogen-bond acceptors (Lipinski definition) is 4. The van der Waals surface area contributed by atoms with Crippen molar-refractivity contribution in [1.82, 2.24) is 9.13 Å². The van der Waals surface area contributed by atoms with Crippen molar-refractivity contribution in [2.24, 2.45) is 14.1 Å². The smallest absolute Gasteiger partial charge is 0.322 e. The van der Waals surface area contributed by atoms with Gasteiger partial charge in [0.1, 0.15) is 0 Å². The van der Waals surface area contributed by atoms with Crippen LogP contribution in [0.1, 0.15) is 15.9 Å². The van der Waals surface area contributed by atoms with Crippen molar-refractivity contribution in [3.8, 4) is 0 Å². The Labute approximate surface area is 185 Å². The molecule has 0 saturated heterocycles.